The average molecular weight is 234 g/mol. The highest BCUT2D eigenvalue weighted by Crippen LogP contribution is 2.14. The van der Waals surface area contributed by atoms with E-state index in [9.17, 15) is 4.79 Å². The quantitative estimate of drug-likeness (QED) is 0.582. The van der Waals surface area contributed by atoms with Crippen molar-refractivity contribution in [2.45, 2.75) is 13.3 Å². The summed E-state index contributed by atoms with van der Waals surface area (Å²) >= 11 is 0. The molecule has 4 heteroatoms. The van der Waals surface area contributed by atoms with E-state index in [1.54, 1.807) is 12.1 Å². The fourth-order valence-electron chi connectivity index (χ4n) is 1.20. The van der Waals surface area contributed by atoms with Gasteiger partial charge in [0, 0.05) is 18.3 Å². The van der Waals surface area contributed by atoms with E-state index in [1.807, 2.05) is 19.1 Å². The maximum absolute atomic E-state index is 11.3. The molecule has 0 saturated heterocycles. The molecule has 1 aromatic carbocycles. The first-order chi connectivity index (χ1) is 8.08. The number of nitrogen functional groups attached to an aromatic ring is 1. The summed E-state index contributed by atoms with van der Waals surface area (Å²) in [6.07, 6.45) is 0.322. The Morgan fingerprint density at radius 3 is 2.94 bits per heavy atom. The molecular weight excluding hydrogens is 216 g/mol. The van der Waals surface area contributed by atoms with Crippen molar-refractivity contribution in [2.75, 3.05) is 18.9 Å². The summed E-state index contributed by atoms with van der Waals surface area (Å²) in [6, 6.07) is 7.13. The second-order valence-corrected chi connectivity index (χ2v) is 3.90. The summed E-state index contributed by atoms with van der Waals surface area (Å²) in [7, 11) is 0. The smallest absolute Gasteiger partial charge is 0.223 e. The van der Waals surface area contributed by atoms with Gasteiger partial charge in [-0.1, -0.05) is 18.2 Å². The van der Waals surface area contributed by atoms with Crippen molar-refractivity contribution < 1.29 is 9.53 Å². The Bertz CT molecular complexity index is 402. The van der Waals surface area contributed by atoms with Crippen LogP contribution in [0.1, 0.15) is 13.3 Å². The molecule has 1 aromatic rings. The Kier molecular flexibility index (Phi) is 5.07. The van der Waals surface area contributed by atoms with Crippen molar-refractivity contribution in [1.82, 2.24) is 5.32 Å². The molecule has 0 heterocycles. The Morgan fingerprint density at radius 1 is 1.53 bits per heavy atom. The number of hydrogen-bond donors (Lipinski definition) is 2. The van der Waals surface area contributed by atoms with Gasteiger partial charge in [0.15, 0.2) is 0 Å². The fraction of sp³-hybridized carbons (Fsp3) is 0.308. The number of ether oxygens (including phenoxy) is 1. The molecule has 0 radical (unpaired) electrons. The highest BCUT2D eigenvalue weighted by Gasteiger charge is 2.01. The maximum Gasteiger partial charge on any atom is 0.223 e. The number of benzene rings is 1. The highest BCUT2D eigenvalue weighted by atomic mass is 16.5. The van der Waals surface area contributed by atoms with Crippen LogP contribution in [0.3, 0.4) is 0 Å². The lowest BCUT2D eigenvalue weighted by atomic mass is 10.3. The van der Waals surface area contributed by atoms with E-state index >= 15 is 0 Å². The van der Waals surface area contributed by atoms with Gasteiger partial charge in [-0.2, -0.15) is 0 Å². The zero-order valence-electron chi connectivity index (χ0n) is 10.0. The highest BCUT2D eigenvalue weighted by molar-refractivity contribution is 5.76. The molecule has 0 atom stereocenters. The first-order valence-electron chi connectivity index (χ1n) is 5.47. The molecule has 4 nitrogen and oxygen atoms in total. The lowest BCUT2D eigenvalue weighted by Crippen LogP contribution is -2.26. The minimum atomic E-state index is -0.0445. The lowest BCUT2D eigenvalue weighted by Gasteiger charge is -2.07. The molecule has 0 bridgehead atoms. The van der Waals surface area contributed by atoms with Crippen LogP contribution in [0, 0.1) is 0 Å². The normalized spacial score (nSPS) is 9.71. The minimum absolute atomic E-state index is 0.0445. The average Bonchev–Trinajstić information content (AvgIpc) is 2.26. The van der Waals surface area contributed by atoms with Crippen LogP contribution in [0.25, 0.3) is 0 Å². The van der Waals surface area contributed by atoms with Crippen LogP contribution >= 0.6 is 0 Å². The van der Waals surface area contributed by atoms with Gasteiger partial charge in [-0.15, -0.1) is 0 Å². The first kappa shape index (κ1) is 13.1. The van der Waals surface area contributed by atoms with Gasteiger partial charge in [0.1, 0.15) is 5.75 Å². The number of nitrogens with one attached hydrogen (secondary N) is 1. The van der Waals surface area contributed by atoms with Crippen molar-refractivity contribution in [1.29, 1.82) is 0 Å². The molecule has 0 aliphatic carbocycles. The number of anilines is 1. The molecule has 17 heavy (non-hydrogen) atoms. The van der Waals surface area contributed by atoms with Crippen LogP contribution < -0.4 is 15.8 Å². The largest absolute Gasteiger partial charge is 0.493 e. The van der Waals surface area contributed by atoms with Crippen LogP contribution in [0.5, 0.6) is 5.75 Å². The predicted octanol–water partition coefficient (Wildman–Crippen LogP) is 1.73. The number of carbonyl (C=O) groups is 1. The van der Waals surface area contributed by atoms with E-state index in [0.717, 1.165) is 5.57 Å². The Labute approximate surface area is 101 Å². The molecule has 3 N–H and O–H groups in total. The second-order valence-electron chi connectivity index (χ2n) is 3.90. The number of nitrogens with two attached hydrogens (primary N) is 1. The van der Waals surface area contributed by atoms with Gasteiger partial charge < -0.3 is 15.8 Å². The molecule has 0 aromatic heterocycles. The van der Waals surface area contributed by atoms with Gasteiger partial charge in [-0.3, -0.25) is 4.79 Å². The summed E-state index contributed by atoms with van der Waals surface area (Å²) in [4.78, 5) is 11.3. The van der Waals surface area contributed by atoms with Crippen molar-refractivity contribution in [3.05, 3.63) is 36.4 Å². The van der Waals surface area contributed by atoms with E-state index in [0.29, 0.717) is 31.0 Å². The summed E-state index contributed by atoms with van der Waals surface area (Å²) in [5, 5.41) is 2.74. The molecule has 0 saturated carbocycles. The van der Waals surface area contributed by atoms with Gasteiger partial charge in [-0.05, 0) is 19.1 Å². The third-order valence-electron chi connectivity index (χ3n) is 2.04. The topological polar surface area (TPSA) is 64.3 Å². The SMILES string of the molecule is C=C(C)CNC(=O)CCOc1cccc(N)c1. The Balaban J connectivity index is 2.23. The molecular formula is C13H18N2O2. The minimum Gasteiger partial charge on any atom is -0.493 e. The molecule has 0 spiro atoms. The van der Waals surface area contributed by atoms with E-state index in [1.165, 1.54) is 0 Å². The molecule has 0 aliphatic heterocycles. The number of amides is 1. The van der Waals surface area contributed by atoms with E-state index < -0.39 is 0 Å². The fourth-order valence-corrected chi connectivity index (χ4v) is 1.20. The third-order valence-corrected chi connectivity index (χ3v) is 2.04. The zero-order chi connectivity index (χ0) is 12.7. The zero-order valence-corrected chi connectivity index (χ0v) is 10.0. The van der Waals surface area contributed by atoms with Gasteiger partial charge in [0.05, 0.1) is 13.0 Å². The number of rotatable bonds is 6. The van der Waals surface area contributed by atoms with Crippen LogP contribution in [0.4, 0.5) is 5.69 Å². The van der Waals surface area contributed by atoms with Crippen molar-refractivity contribution in [3.8, 4) is 5.75 Å². The molecule has 1 amide bonds. The first-order valence-corrected chi connectivity index (χ1v) is 5.47. The van der Waals surface area contributed by atoms with Gasteiger partial charge >= 0.3 is 0 Å². The number of hydrogen-bond acceptors (Lipinski definition) is 3. The summed E-state index contributed by atoms with van der Waals surface area (Å²) in [6.45, 7) is 6.42. The maximum atomic E-state index is 11.3. The molecule has 92 valence electrons. The van der Waals surface area contributed by atoms with E-state index in [-0.39, 0.29) is 5.91 Å². The van der Waals surface area contributed by atoms with E-state index in [4.69, 9.17) is 10.5 Å². The summed E-state index contributed by atoms with van der Waals surface area (Å²) in [5.74, 6) is 0.634. The van der Waals surface area contributed by atoms with Crippen LogP contribution in [-0.2, 0) is 4.79 Å². The van der Waals surface area contributed by atoms with Gasteiger partial charge in [0.25, 0.3) is 0 Å². The summed E-state index contributed by atoms with van der Waals surface area (Å²) in [5.41, 5.74) is 7.18. The summed E-state index contributed by atoms with van der Waals surface area (Å²) < 4.78 is 5.40. The van der Waals surface area contributed by atoms with Crippen LogP contribution in [-0.4, -0.2) is 19.1 Å². The Morgan fingerprint density at radius 2 is 2.29 bits per heavy atom. The number of carbonyl (C=O) groups excluding carboxylic acids is 1. The van der Waals surface area contributed by atoms with Gasteiger partial charge in [0.2, 0.25) is 5.91 Å². The third kappa shape index (κ3) is 5.61. The van der Waals surface area contributed by atoms with Crippen molar-refractivity contribution in [3.63, 3.8) is 0 Å². The predicted molar refractivity (Wildman–Crippen MR) is 68.8 cm³/mol. The van der Waals surface area contributed by atoms with Gasteiger partial charge in [-0.25, -0.2) is 0 Å². The van der Waals surface area contributed by atoms with Crippen molar-refractivity contribution in [2.24, 2.45) is 0 Å². The van der Waals surface area contributed by atoms with Crippen LogP contribution in [0.2, 0.25) is 0 Å². The molecule has 0 aliphatic rings. The molecule has 0 unspecified atom stereocenters. The van der Waals surface area contributed by atoms with E-state index in [2.05, 4.69) is 11.9 Å². The molecule has 1 rings (SSSR count). The van der Waals surface area contributed by atoms with Crippen molar-refractivity contribution >= 4 is 11.6 Å². The van der Waals surface area contributed by atoms with Crippen LogP contribution in [0.15, 0.2) is 36.4 Å². The Hall–Kier alpha value is -1.97. The molecule has 0 fully saturated rings. The second kappa shape index (κ2) is 6.58. The monoisotopic (exact) mass is 234 g/mol. The lowest BCUT2D eigenvalue weighted by molar-refractivity contribution is -0.121. The standard InChI is InChI=1S/C13H18N2O2/c1-10(2)9-15-13(16)6-7-17-12-5-3-4-11(14)8-12/h3-5,8H,1,6-7,9,14H2,2H3,(H,15,16).